The van der Waals surface area contributed by atoms with E-state index in [4.69, 9.17) is 5.73 Å². The molecule has 24 heavy (non-hydrogen) atoms. The van der Waals surface area contributed by atoms with Gasteiger partial charge >= 0.3 is 0 Å². The largest absolute Gasteiger partial charge is 0.352 e. The first-order chi connectivity index (χ1) is 11.4. The number of hydrogen-bond donors (Lipinski definition) is 3. The van der Waals surface area contributed by atoms with Crippen LogP contribution in [0.4, 0.5) is 4.39 Å². The van der Waals surface area contributed by atoms with Crippen molar-refractivity contribution in [1.82, 2.24) is 10.6 Å². The minimum atomic E-state index is -0.701. The summed E-state index contributed by atoms with van der Waals surface area (Å²) < 4.78 is 13.7. The molecule has 1 unspecified atom stereocenters. The lowest BCUT2D eigenvalue weighted by atomic mass is 9.91. The normalized spacial score (nSPS) is 22.0. The minimum Gasteiger partial charge on any atom is -0.352 e. The van der Waals surface area contributed by atoms with E-state index < -0.39 is 17.8 Å². The van der Waals surface area contributed by atoms with E-state index in [0.717, 1.165) is 25.7 Å². The van der Waals surface area contributed by atoms with Gasteiger partial charge in [0.2, 0.25) is 5.91 Å². The second-order valence-electron chi connectivity index (χ2n) is 6.80. The number of nitrogens with one attached hydrogen (secondary N) is 2. The van der Waals surface area contributed by atoms with E-state index in [1.54, 1.807) is 6.07 Å². The van der Waals surface area contributed by atoms with E-state index in [1.165, 1.54) is 18.2 Å². The maximum atomic E-state index is 13.7. The van der Waals surface area contributed by atoms with Crippen molar-refractivity contribution in [3.05, 3.63) is 35.6 Å². The van der Waals surface area contributed by atoms with Crippen LogP contribution in [0, 0.1) is 11.7 Å². The maximum Gasteiger partial charge on any atom is 0.254 e. The number of carbonyl (C=O) groups is 2. The number of carbonyl (C=O) groups excluding carboxylic acids is 2. The molecule has 0 bridgehead atoms. The first kappa shape index (κ1) is 18.4. The standard InChI is InChI=1S/C18H26FN3O2/c1-11(2)16(18(24)21-13-9-7-12(20)8-10-13)22-17(23)14-5-3-4-6-15(14)19/h3-6,11-13,16H,7-10,20H2,1-2H3,(H,21,24)(H,22,23). The summed E-state index contributed by atoms with van der Waals surface area (Å²) in [6, 6.07) is 5.34. The summed E-state index contributed by atoms with van der Waals surface area (Å²) in [5.74, 6) is -1.51. The van der Waals surface area contributed by atoms with Gasteiger partial charge in [0.15, 0.2) is 0 Å². The van der Waals surface area contributed by atoms with Crippen molar-refractivity contribution in [2.24, 2.45) is 11.7 Å². The van der Waals surface area contributed by atoms with E-state index in [-0.39, 0.29) is 29.5 Å². The fourth-order valence-electron chi connectivity index (χ4n) is 2.95. The highest BCUT2D eigenvalue weighted by atomic mass is 19.1. The summed E-state index contributed by atoms with van der Waals surface area (Å²) in [6.45, 7) is 3.70. The molecule has 2 rings (SSSR count). The van der Waals surface area contributed by atoms with Crippen LogP contribution in [0.1, 0.15) is 49.9 Å². The highest BCUT2D eigenvalue weighted by molar-refractivity contribution is 5.97. The first-order valence-electron chi connectivity index (χ1n) is 8.49. The molecule has 1 aliphatic carbocycles. The van der Waals surface area contributed by atoms with Gasteiger partial charge in [0, 0.05) is 12.1 Å². The second-order valence-corrected chi connectivity index (χ2v) is 6.80. The molecule has 1 aromatic carbocycles. The van der Waals surface area contributed by atoms with Gasteiger partial charge in [-0.05, 0) is 43.7 Å². The Labute approximate surface area is 142 Å². The third kappa shape index (κ3) is 4.77. The molecule has 1 fully saturated rings. The lowest BCUT2D eigenvalue weighted by Crippen LogP contribution is -2.53. The van der Waals surface area contributed by atoms with Gasteiger partial charge < -0.3 is 16.4 Å². The van der Waals surface area contributed by atoms with Crippen molar-refractivity contribution in [2.75, 3.05) is 0 Å². The zero-order valence-electron chi connectivity index (χ0n) is 14.2. The van der Waals surface area contributed by atoms with Crippen LogP contribution < -0.4 is 16.4 Å². The summed E-state index contributed by atoms with van der Waals surface area (Å²) >= 11 is 0. The fourth-order valence-corrected chi connectivity index (χ4v) is 2.95. The molecular weight excluding hydrogens is 309 g/mol. The predicted molar refractivity (Wildman–Crippen MR) is 90.9 cm³/mol. The van der Waals surface area contributed by atoms with Crippen molar-refractivity contribution in [3.63, 3.8) is 0 Å². The van der Waals surface area contributed by atoms with Crippen LogP contribution in [0.3, 0.4) is 0 Å². The molecule has 0 radical (unpaired) electrons. The van der Waals surface area contributed by atoms with Gasteiger partial charge in [-0.2, -0.15) is 0 Å². The maximum absolute atomic E-state index is 13.7. The Bertz CT molecular complexity index is 583. The van der Waals surface area contributed by atoms with Crippen LogP contribution in [0.5, 0.6) is 0 Å². The van der Waals surface area contributed by atoms with Crippen molar-refractivity contribution in [3.8, 4) is 0 Å². The molecule has 132 valence electrons. The Morgan fingerprint density at radius 2 is 1.79 bits per heavy atom. The molecular formula is C18H26FN3O2. The molecule has 1 saturated carbocycles. The quantitative estimate of drug-likeness (QED) is 0.769. The molecule has 0 aliphatic heterocycles. The summed E-state index contributed by atoms with van der Waals surface area (Å²) in [5.41, 5.74) is 5.82. The fraction of sp³-hybridized carbons (Fsp3) is 0.556. The third-order valence-corrected chi connectivity index (χ3v) is 4.47. The lowest BCUT2D eigenvalue weighted by Gasteiger charge is -2.29. The monoisotopic (exact) mass is 335 g/mol. The van der Waals surface area contributed by atoms with Gasteiger partial charge in [0.05, 0.1) is 5.56 Å². The van der Waals surface area contributed by atoms with Crippen molar-refractivity contribution >= 4 is 11.8 Å². The van der Waals surface area contributed by atoms with Crippen molar-refractivity contribution in [2.45, 2.75) is 57.7 Å². The number of amides is 2. The SMILES string of the molecule is CC(C)C(NC(=O)c1ccccc1F)C(=O)NC1CCC(N)CC1. The van der Waals surface area contributed by atoms with Crippen LogP contribution in [0.2, 0.25) is 0 Å². The molecule has 1 atom stereocenters. The van der Waals surface area contributed by atoms with Gasteiger partial charge in [-0.15, -0.1) is 0 Å². The van der Waals surface area contributed by atoms with Gasteiger partial charge in [-0.25, -0.2) is 4.39 Å². The topological polar surface area (TPSA) is 84.2 Å². The highest BCUT2D eigenvalue weighted by Gasteiger charge is 2.28. The third-order valence-electron chi connectivity index (χ3n) is 4.47. The van der Waals surface area contributed by atoms with Gasteiger partial charge in [0.25, 0.3) is 5.91 Å². The van der Waals surface area contributed by atoms with E-state index in [9.17, 15) is 14.0 Å². The lowest BCUT2D eigenvalue weighted by molar-refractivity contribution is -0.124. The second kappa shape index (κ2) is 8.24. The van der Waals surface area contributed by atoms with E-state index in [2.05, 4.69) is 10.6 Å². The van der Waals surface area contributed by atoms with Gasteiger partial charge in [-0.1, -0.05) is 26.0 Å². The molecule has 0 heterocycles. The van der Waals surface area contributed by atoms with Crippen molar-refractivity contribution in [1.29, 1.82) is 0 Å². The van der Waals surface area contributed by atoms with Crippen molar-refractivity contribution < 1.29 is 14.0 Å². The van der Waals surface area contributed by atoms with E-state index >= 15 is 0 Å². The smallest absolute Gasteiger partial charge is 0.254 e. The molecule has 0 spiro atoms. The highest BCUT2D eigenvalue weighted by Crippen LogP contribution is 2.17. The summed E-state index contributed by atoms with van der Waals surface area (Å²) in [5, 5.41) is 5.65. The summed E-state index contributed by atoms with van der Waals surface area (Å²) in [4.78, 5) is 24.8. The number of halogens is 1. The Kier molecular flexibility index (Phi) is 6.31. The number of rotatable bonds is 5. The predicted octanol–water partition coefficient (Wildman–Crippen LogP) is 1.97. The van der Waals surface area contributed by atoms with E-state index in [0.29, 0.717) is 0 Å². The van der Waals surface area contributed by atoms with Crippen LogP contribution in [0.15, 0.2) is 24.3 Å². The van der Waals surface area contributed by atoms with Gasteiger partial charge in [0.1, 0.15) is 11.9 Å². The Hall–Kier alpha value is -1.95. The Balaban J connectivity index is 1.99. The average molecular weight is 335 g/mol. The number of benzene rings is 1. The molecule has 5 nitrogen and oxygen atoms in total. The first-order valence-corrected chi connectivity index (χ1v) is 8.49. The van der Waals surface area contributed by atoms with E-state index in [1.807, 2.05) is 13.8 Å². The molecule has 1 aliphatic rings. The molecule has 1 aromatic rings. The molecule has 4 N–H and O–H groups in total. The van der Waals surface area contributed by atoms with Gasteiger partial charge in [-0.3, -0.25) is 9.59 Å². The zero-order valence-corrected chi connectivity index (χ0v) is 14.2. The minimum absolute atomic E-state index is 0.0559. The van der Waals surface area contributed by atoms with Crippen LogP contribution in [-0.4, -0.2) is 29.9 Å². The summed E-state index contributed by atoms with van der Waals surface area (Å²) in [6.07, 6.45) is 3.47. The van der Waals surface area contributed by atoms with Crippen LogP contribution in [-0.2, 0) is 4.79 Å². The molecule has 2 amide bonds. The summed E-state index contributed by atoms with van der Waals surface area (Å²) in [7, 11) is 0. The molecule has 0 aromatic heterocycles. The molecule has 6 heteroatoms. The molecule has 0 saturated heterocycles. The number of hydrogen-bond acceptors (Lipinski definition) is 3. The van der Waals surface area contributed by atoms with Crippen LogP contribution >= 0.6 is 0 Å². The Morgan fingerprint density at radius 1 is 1.17 bits per heavy atom. The zero-order chi connectivity index (χ0) is 17.7. The number of nitrogens with two attached hydrogens (primary N) is 1. The Morgan fingerprint density at radius 3 is 2.38 bits per heavy atom. The van der Waals surface area contributed by atoms with Crippen LogP contribution in [0.25, 0.3) is 0 Å². The average Bonchev–Trinajstić information content (AvgIpc) is 2.54.